The predicted octanol–water partition coefficient (Wildman–Crippen LogP) is 6.15. The summed E-state index contributed by atoms with van der Waals surface area (Å²) in [5, 5.41) is 0. The molecule has 5 rings (SSSR count). The smallest absolute Gasteiger partial charge is 0.126 e. The lowest BCUT2D eigenvalue weighted by Gasteiger charge is -2.22. The van der Waals surface area contributed by atoms with Gasteiger partial charge in [-0.25, -0.2) is 4.39 Å². The molecule has 2 aliphatic rings. The Labute approximate surface area is 158 Å². The van der Waals surface area contributed by atoms with Gasteiger partial charge >= 0.3 is 0 Å². The maximum absolute atomic E-state index is 14.3. The van der Waals surface area contributed by atoms with E-state index in [1.165, 1.54) is 11.1 Å². The molecule has 1 unspecified atom stereocenters. The van der Waals surface area contributed by atoms with Crippen molar-refractivity contribution >= 4 is 22.2 Å². The summed E-state index contributed by atoms with van der Waals surface area (Å²) in [6, 6.07) is 11.9. The zero-order valence-corrected chi connectivity index (χ0v) is 15.3. The fourth-order valence-corrected chi connectivity index (χ4v) is 3.97. The van der Waals surface area contributed by atoms with Crippen molar-refractivity contribution in [1.29, 1.82) is 0 Å². The molecule has 1 atom stereocenters. The molecule has 0 radical (unpaired) electrons. The fourth-order valence-electron chi connectivity index (χ4n) is 3.97. The fraction of sp³-hybridized carbons (Fsp3) is 0.250. The number of rotatable bonds is 3. The molecule has 0 saturated heterocycles. The van der Waals surface area contributed by atoms with Gasteiger partial charge in [0, 0.05) is 12.4 Å². The molecule has 2 nitrogen and oxygen atoms in total. The van der Waals surface area contributed by atoms with E-state index < -0.39 is 0 Å². The SMILES string of the molecule is CC1C=CC(c2ccc3nccnc3c2)=C(c2ccc(F)c(C3CC3)c2)C1. The van der Waals surface area contributed by atoms with Gasteiger partial charge < -0.3 is 0 Å². The Hall–Kier alpha value is -2.81. The predicted molar refractivity (Wildman–Crippen MR) is 108 cm³/mol. The lowest BCUT2D eigenvalue weighted by atomic mass is 9.83. The highest BCUT2D eigenvalue weighted by Gasteiger charge is 2.27. The number of nitrogens with zero attached hydrogens (tertiary/aromatic N) is 2. The molecule has 1 aromatic heterocycles. The van der Waals surface area contributed by atoms with Gasteiger partial charge in [0.2, 0.25) is 0 Å². The highest BCUT2D eigenvalue weighted by Crippen LogP contribution is 2.44. The molecule has 2 aliphatic carbocycles. The molecule has 1 saturated carbocycles. The molecule has 2 aromatic carbocycles. The van der Waals surface area contributed by atoms with Gasteiger partial charge in [-0.1, -0.05) is 31.2 Å². The van der Waals surface area contributed by atoms with Crippen LogP contribution in [0.3, 0.4) is 0 Å². The first-order valence-corrected chi connectivity index (χ1v) is 9.61. The third kappa shape index (κ3) is 3.08. The van der Waals surface area contributed by atoms with Gasteiger partial charge in [-0.2, -0.15) is 0 Å². The lowest BCUT2D eigenvalue weighted by molar-refractivity contribution is 0.610. The van der Waals surface area contributed by atoms with Crippen molar-refractivity contribution in [3.8, 4) is 0 Å². The normalized spacial score (nSPS) is 19.7. The Bertz CT molecular complexity index is 1090. The number of halogens is 1. The zero-order valence-electron chi connectivity index (χ0n) is 15.3. The van der Waals surface area contributed by atoms with E-state index in [2.05, 4.69) is 47.2 Å². The summed E-state index contributed by atoms with van der Waals surface area (Å²) in [5.74, 6) is 0.809. The van der Waals surface area contributed by atoms with Gasteiger partial charge in [0.15, 0.2) is 0 Å². The van der Waals surface area contributed by atoms with Crippen molar-refractivity contribution in [3.63, 3.8) is 0 Å². The first kappa shape index (κ1) is 16.4. The molecule has 0 amide bonds. The molecule has 3 heteroatoms. The number of aromatic nitrogens is 2. The van der Waals surface area contributed by atoms with E-state index in [1.807, 2.05) is 12.1 Å². The molecule has 0 N–H and O–H groups in total. The molecule has 27 heavy (non-hydrogen) atoms. The van der Waals surface area contributed by atoms with E-state index in [4.69, 9.17) is 0 Å². The summed E-state index contributed by atoms with van der Waals surface area (Å²) in [4.78, 5) is 8.81. The Morgan fingerprint density at radius 1 is 0.926 bits per heavy atom. The standard InChI is InChI=1S/C24H21FN2/c1-15-2-7-19(18-6-9-23-24(14-18)27-11-10-26-23)20(12-15)17-5-8-22(25)21(13-17)16-3-4-16/h2,5-11,13-16H,3-4,12H2,1H3. The van der Waals surface area contributed by atoms with Crippen LogP contribution in [0.25, 0.3) is 22.2 Å². The van der Waals surface area contributed by atoms with Crippen LogP contribution in [-0.4, -0.2) is 9.97 Å². The lowest BCUT2D eigenvalue weighted by Crippen LogP contribution is -2.03. The van der Waals surface area contributed by atoms with Gasteiger partial charge in [0.25, 0.3) is 0 Å². The Morgan fingerprint density at radius 3 is 2.52 bits per heavy atom. The number of allylic oxidation sites excluding steroid dienone is 4. The van der Waals surface area contributed by atoms with Crippen molar-refractivity contribution in [1.82, 2.24) is 9.97 Å². The Balaban J connectivity index is 1.66. The van der Waals surface area contributed by atoms with Crippen LogP contribution in [0.1, 0.15) is 48.8 Å². The molecule has 1 heterocycles. The summed E-state index contributed by atoms with van der Waals surface area (Å²) in [6.45, 7) is 2.23. The monoisotopic (exact) mass is 356 g/mol. The zero-order chi connectivity index (χ0) is 18.4. The second kappa shape index (κ2) is 6.41. The van der Waals surface area contributed by atoms with Crippen LogP contribution in [0.15, 0.2) is 60.9 Å². The van der Waals surface area contributed by atoms with Gasteiger partial charge in [0.05, 0.1) is 11.0 Å². The highest BCUT2D eigenvalue weighted by atomic mass is 19.1. The first-order valence-electron chi connectivity index (χ1n) is 9.61. The minimum Gasteiger partial charge on any atom is -0.253 e. The highest BCUT2D eigenvalue weighted by molar-refractivity contribution is 5.98. The summed E-state index contributed by atoms with van der Waals surface area (Å²) < 4.78 is 14.3. The van der Waals surface area contributed by atoms with Gasteiger partial charge in [0.1, 0.15) is 5.82 Å². The van der Waals surface area contributed by atoms with Crippen LogP contribution in [0.4, 0.5) is 4.39 Å². The number of hydrogen-bond acceptors (Lipinski definition) is 2. The van der Waals surface area contributed by atoms with Crippen LogP contribution in [-0.2, 0) is 0 Å². The van der Waals surface area contributed by atoms with Crippen LogP contribution >= 0.6 is 0 Å². The summed E-state index contributed by atoms with van der Waals surface area (Å²) in [6.07, 6.45) is 11.1. The van der Waals surface area contributed by atoms with Crippen molar-refractivity contribution in [2.45, 2.75) is 32.1 Å². The molecule has 1 fully saturated rings. The van der Waals surface area contributed by atoms with E-state index in [1.54, 1.807) is 18.5 Å². The second-order valence-electron chi connectivity index (χ2n) is 7.70. The van der Waals surface area contributed by atoms with E-state index in [0.29, 0.717) is 11.8 Å². The average molecular weight is 356 g/mol. The second-order valence-corrected chi connectivity index (χ2v) is 7.70. The average Bonchev–Trinajstić information content (AvgIpc) is 3.53. The first-order chi connectivity index (χ1) is 13.2. The van der Waals surface area contributed by atoms with Crippen LogP contribution in [0.2, 0.25) is 0 Å². The van der Waals surface area contributed by atoms with Crippen LogP contribution in [0, 0.1) is 11.7 Å². The quantitative estimate of drug-likeness (QED) is 0.562. The molecular weight excluding hydrogens is 335 g/mol. The van der Waals surface area contributed by atoms with Crippen LogP contribution in [0.5, 0.6) is 0 Å². The van der Waals surface area contributed by atoms with Crippen molar-refractivity contribution < 1.29 is 4.39 Å². The van der Waals surface area contributed by atoms with Crippen molar-refractivity contribution in [2.75, 3.05) is 0 Å². The molecule has 0 spiro atoms. The maximum Gasteiger partial charge on any atom is 0.126 e. The minimum absolute atomic E-state index is 0.0659. The van der Waals surface area contributed by atoms with E-state index in [-0.39, 0.29) is 5.82 Å². The van der Waals surface area contributed by atoms with Crippen molar-refractivity contribution in [2.24, 2.45) is 5.92 Å². The molecule has 0 aliphatic heterocycles. The minimum atomic E-state index is -0.0659. The van der Waals surface area contributed by atoms with Gasteiger partial charge in [-0.05, 0) is 83.2 Å². The Kier molecular flexibility index (Phi) is 3.89. The van der Waals surface area contributed by atoms with Gasteiger partial charge in [-0.3, -0.25) is 9.97 Å². The molecule has 134 valence electrons. The van der Waals surface area contributed by atoms with E-state index in [9.17, 15) is 4.39 Å². The summed E-state index contributed by atoms with van der Waals surface area (Å²) in [5.41, 5.74) is 7.44. The third-order valence-electron chi connectivity index (χ3n) is 5.58. The molecule has 0 bridgehead atoms. The van der Waals surface area contributed by atoms with E-state index >= 15 is 0 Å². The van der Waals surface area contributed by atoms with Crippen molar-refractivity contribution in [3.05, 3.63) is 83.5 Å². The molecule has 3 aromatic rings. The Morgan fingerprint density at radius 2 is 1.70 bits per heavy atom. The number of benzene rings is 2. The maximum atomic E-state index is 14.3. The summed E-state index contributed by atoms with van der Waals surface area (Å²) >= 11 is 0. The van der Waals surface area contributed by atoms with Gasteiger partial charge in [-0.15, -0.1) is 0 Å². The van der Waals surface area contributed by atoms with Crippen LogP contribution < -0.4 is 0 Å². The largest absolute Gasteiger partial charge is 0.253 e. The molecular formula is C24H21FN2. The van der Waals surface area contributed by atoms with E-state index in [0.717, 1.165) is 47.0 Å². The number of fused-ring (bicyclic) bond motifs is 1. The third-order valence-corrected chi connectivity index (χ3v) is 5.58. The summed E-state index contributed by atoms with van der Waals surface area (Å²) in [7, 11) is 0. The number of hydrogen-bond donors (Lipinski definition) is 0. The topological polar surface area (TPSA) is 25.8 Å².